The van der Waals surface area contributed by atoms with Crippen LogP contribution in [0.1, 0.15) is 42.4 Å². The van der Waals surface area contributed by atoms with Gasteiger partial charge in [-0.05, 0) is 48.1 Å². The molecule has 16 heteroatoms. The molecule has 1 fully saturated rings. The van der Waals surface area contributed by atoms with Crippen molar-refractivity contribution in [1.82, 2.24) is 26.6 Å². The van der Waals surface area contributed by atoms with Gasteiger partial charge in [-0.25, -0.2) is 0 Å². The number of phenolic OH excluding ortho intramolecular Hbond substituents is 1. The molecule has 0 aliphatic carbocycles. The van der Waals surface area contributed by atoms with Crippen molar-refractivity contribution in [3.63, 3.8) is 0 Å². The Labute approximate surface area is 312 Å². The lowest BCUT2D eigenvalue weighted by atomic mass is 10.0. The largest absolute Gasteiger partial charge is 0.508 e. The first kappa shape index (κ1) is 40.3. The van der Waals surface area contributed by atoms with Crippen LogP contribution in [0.3, 0.4) is 0 Å². The van der Waals surface area contributed by atoms with Gasteiger partial charge >= 0.3 is 0 Å². The van der Waals surface area contributed by atoms with E-state index in [2.05, 4.69) is 31.6 Å². The third kappa shape index (κ3) is 13.0. The number of rotatable bonds is 19. The van der Waals surface area contributed by atoms with E-state index in [9.17, 15) is 33.9 Å². The molecule has 6 amide bonds. The first-order valence-electron chi connectivity index (χ1n) is 17.6. The molecule has 0 bridgehead atoms. The number of aromatic hydroxyl groups is 1. The quantitative estimate of drug-likeness (QED) is 0.0421. The maximum Gasteiger partial charge on any atom is 0.243 e. The highest BCUT2D eigenvalue weighted by atomic mass is 16.3. The number of amides is 6. The van der Waals surface area contributed by atoms with Gasteiger partial charge in [0.25, 0.3) is 0 Å². The third-order valence-electron chi connectivity index (χ3n) is 8.76. The van der Waals surface area contributed by atoms with Crippen molar-refractivity contribution >= 4 is 41.4 Å². The van der Waals surface area contributed by atoms with Crippen molar-refractivity contribution < 1.29 is 33.9 Å². The average Bonchev–Trinajstić information content (AvgIpc) is 3.59. The van der Waals surface area contributed by atoms with Crippen molar-refractivity contribution in [1.29, 1.82) is 0 Å². The Kier molecular flexibility index (Phi) is 14.9. The van der Waals surface area contributed by atoms with Gasteiger partial charge < -0.3 is 48.9 Å². The van der Waals surface area contributed by atoms with Crippen LogP contribution in [0.4, 0.5) is 0 Å². The molecule has 16 nitrogen and oxygen atoms in total. The molecule has 286 valence electrons. The molecule has 0 radical (unpaired) electrons. The average molecular weight is 742 g/mol. The molecule has 0 aromatic heterocycles. The Morgan fingerprint density at radius 2 is 1.17 bits per heavy atom. The highest BCUT2D eigenvalue weighted by Gasteiger charge is 2.34. The van der Waals surface area contributed by atoms with E-state index in [0.29, 0.717) is 5.56 Å². The summed E-state index contributed by atoms with van der Waals surface area (Å²) in [6.45, 7) is 0.140. The Balaban J connectivity index is 1.58. The smallest absolute Gasteiger partial charge is 0.243 e. The number of carbonyl (C=O) groups excluding carboxylic acids is 6. The van der Waals surface area contributed by atoms with Crippen molar-refractivity contribution in [3.05, 3.63) is 102 Å². The molecule has 3 aromatic carbocycles. The number of nitrogens with one attached hydrogen (secondary N) is 5. The second kappa shape index (κ2) is 20.0. The molecule has 1 heterocycles. The lowest BCUT2D eigenvalue weighted by Gasteiger charge is -2.27. The van der Waals surface area contributed by atoms with Gasteiger partial charge in [0.15, 0.2) is 5.96 Å². The molecule has 1 saturated heterocycles. The molecule has 1 aliphatic rings. The number of hydrogen-bond acceptors (Lipinski definition) is 8. The Morgan fingerprint density at radius 1 is 0.685 bits per heavy atom. The number of carbonyl (C=O) groups is 6. The summed E-state index contributed by atoms with van der Waals surface area (Å²) < 4.78 is 0. The fourth-order valence-electron chi connectivity index (χ4n) is 5.88. The fourth-order valence-corrected chi connectivity index (χ4v) is 5.88. The van der Waals surface area contributed by atoms with Crippen LogP contribution in [0.25, 0.3) is 0 Å². The highest BCUT2D eigenvalue weighted by molar-refractivity contribution is 5.97. The second-order valence-corrected chi connectivity index (χ2v) is 13.0. The van der Waals surface area contributed by atoms with Crippen LogP contribution in [-0.4, -0.2) is 83.3 Å². The minimum Gasteiger partial charge on any atom is -0.508 e. The molecule has 0 unspecified atom stereocenters. The topological polar surface area (TPSA) is 273 Å². The van der Waals surface area contributed by atoms with Gasteiger partial charge in [-0.1, -0.05) is 72.8 Å². The minimum atomic E-state index is -1.28. The van der Waals surface area contributed by atoms with E-state index in [0.717, 1.165) is 11.1 Å². The maximum absolute atomic E-state index is 14.1. The standard InChI is InChI=1S/C38H47N9O7/c39-33(50)29(20-23-8-3-1-4-9-23)45-34(51)27(12-7-19-42-38(40)41)44-36(53)31(22-25-13-15-26(48)16-14-25)47-37(54)30(21-24-10-5-2-6-11-24)46-35(52)28-17-18-32(49)43-28/h1-6,8-11,13-16,27-31,48H,7,12,17-22H2,(H2,39,50)(H,43,49)(H,44,53)(H,45,51)(H,46,52)(H,47,54)(H4,40,41,42)/t27-,28-,29-,30-,31-/m0/s1. The van der Waals surface area contributed by atoms with Gasteiger partial charge in [0.05, 0.1) is 0 Å². The molecule has 54 heavy (non-hydrogen) atoms. The number of guanidine groups is 1. The summed E-state index contributed by atoms with van der Waals surface area (Å²) in [7, 11) is 0. The summed E-state index contributed by atoms with van der Waals surface area (Å²) in [4.78, 5) is 83.2. The molecule has 4 rings (SSSR count). The number of nitrogens with two attached hydrogens (primary N) is 3. The number of primary amides is 1. The fraction of sp³-hybridized carbons (Fsp3) is 0.342. The normalized spacial score (nSPS) is 15.7. The van der Waals surface area contributed by atoms with Gasteiger partial charge in [-0.2, -0.15) is 0 Å². The number of benzene rings is 3. The molecule has 0 saturated carbocycles. The van der Waals surface area contributed by atoms with E-state index in [1.807, 2.05) is 6.07 Å². The Morgan fingerprint density at radius 3 is 1.69 bits per heavy atom. The van der Waals surface area contributed by atoms with Gasteiger partial charge in [0.2, 0.25) is 35.4 Å². The number of aliphatic imine (C=N–C) groups is 1. The predicted molar refractivity (Wildman–Crippen MR) is 200 cm³/mol. The molecular weight excluding hydrogens is 694 g/mol. The lowest BCUT2D eigenvalue weighted by molar-refractivity contribution is -0.134. The van der Waals surface area contributed by atoms with E-state index in [1.165, 1.54) is 12.1 Å². The van der Waals surface area contributed by atoms with Gasteiger partial charge in [-0.15, -0.1) is 0 Å². The Hall–Kier alpha value is -6.45. The lowest BCUT2D eigenvalue weighted by Crippen LogP contribution is -2.59. The zero-order valence-corrected chi connectivity index (χ0v) is 29.7. The molecule has 1 aliphatic heterocycles. The van der Waals surface area contributed by atoms with Crippen molar-refractivity contribution in [2.75, 3.05) is 6.54 Å². The van der Waals surface area contributed by atoms with Gasteiger partial charge in [0.1, 0.15) is 36.0 Å². The molecule has 0 spiro atoms. The summed E-state index contributed by atoms with van der Waals surface area (Å²) in [5.41, 5.74) is 18.6. The molecular formula is C38H47N9O7. The van der Waals surface area contributed by atoms with Crippen molar-refractivity contribution in [2.45, 2.75) is 75.2 Å². The van der Waals surface area contributed by atoms with Crippen LogP contribution in [-0.2, 0) is 48.0 Å². The monoisotopic (exact) mass is 741 g/mol. The summed E-state index contributed by atoms with van der Waals surface area (Å²) in [6.07, 6.45) is 0.857. The minimum absolute atomic E-state index is 0.00885. The van der Waals surface area contributed by atoms with E-state index < -0.39 is 59.7 Å². The highest BCUT2D eigenvalue weighted by Crippen LogP contribution is 2.14. The Bertz CT molecular complexity index is 1790. The van der Waals surface area contributed by atoms with E-state index in [4.69, 9.17) is 17.2 Å². The van der Waals surface area contributed by atoms with Crippen LogP contribution in [0, 0.1) is 0 Å². The van der Waals surface area contributed by atoms with E-state index in [1.54, 1.807) is 66.7 Å². The van der Waals surface area contributed by atoms with Crippen molar-refractivity contribution in [2.24, 2.45) is 22.2 Å². The van der Waals surface area contributed by atoms with Crippen LogP contribution in [0.15, 0.2) is 89.9 Å². The number of phenols is 1. The van der Waals surface area contributed by atoms with Crippen LogP contribution < -0.4 is 43.8 Å². The molecule has 12 N–H and O–H groups in total. The van der Waals surface area contributed by atoms with Gasteiger partial charge in [0, 0.05) is 32.2 Å². The number of nitrogens with zero attached hydrogens (tertiary/aromatic N) is 1. The van der Waals surface area contributed by atoms with Crippen LogP contribution in [0.5, 0.6) is 5.75 Å². The molecule has 3 aromatic rings. The summed E-state index contributed by atoms with van der Waals surface area (Å²) in [5.74, 6) is -3.90. The van der Waals surface area contributed by atoms with Crippen molar-refractivity contribution in [3.8, 4) is 5.75 Å². The SMILES string of the molecule is NC(=O)[C@H](Cc1ccccc1)NC(=O)[C@H](CCCN=C(N)N)NC(=O)[C@H](Cc1ccc(O)cc1)NC(=O)[C@H](Cc1ccccc1)NC(=O)[C@@H]1CCC(=O)N1. The first-order valence-corrected chi connectivity index (χ1v) is 17.6. The van der Waals surface area contributed by atoms with Crippen LogP contribution in [0.2, 0.25) is 0 Å². The third-order valence-corrected chi connectivity index (χ3v) is 8.76. The van der Waals surface area contributed by atoms with E-state index >= 15 is 0 Å². The summed E-state index contributed by atoms with van der Waals surface area (Å²) >= 11 is 0. The zero-order valence-electron chi connectivity index (χ0n) is 29.7. The summed E-state index contributed by atoms with van der Waals surface area (Å²) in [5, 5.41) is 23.3. The summed E-state index contributed by atoms with van der Waals surface area (Å²) in [6, 6.07) is 18.3. The zero-order chi connectivity index (χ0) is 39.0. The van der Waals surface area contributed by atoms with Crippen LogP contribution >= 0.6 is 0 Å². The molecule has 5 atom stereocenters. The second-order valence-electron chi connectivity index (χ2n) is 13.0. The predicted octanol–water partition coefficient (Wildman–Crippen LogP) is -0.823. The number of hydrogen-bond donors (Lipinski definition) is 9. The van der Waals surface area contributed by atoms with Gasteiger partial charge in [-0.3, -0.25) is 33.8 Å². The first-order chi connectivity index (χ1) is 25.9. The van der Waals surface area contributed by atoms with E-state index in [-0.39, 0.29) is 69.1 Å². The maximum atomic E-state index is 14.1.